The van der Waals surface area contributed by atoms with Crippen molar-refractivity contribution < 1.29 is 5.11 Å². The summed E-state index contributed by atoms with van der Waals surface area (Å²) in [6.45, 7) is 4.62. The number of halogens is 1. The van der Waals surface area contributed by atoms with Gasteiger partial charge in [0.2, 0.25) is 0 Å². The highest BCUT2D eigenvalue weighted by Gasteiger charge is 2.12. The molecule has 2 atom stereocenters. The minimum Gasteiger partial charge on any atom is -0.387 e. The van der Waals surface area contributed by atoms with Gasteiger partial charge < -0.3 is 10.4 Å². The maximum absolute atomic E-state index is 10.1. The maximum Gasteiger partial charge on any atom is 0.109 e. The van der Waals surface area contributed by atoms with Crippen molar-refractivity contribution in [3.8, 4) is 0 Å². The Morgan fingerprint density at radius 1 is 1.47 bits per heavy atom. The van der Waals surface area contributed by atoms with Crippen LogP contribution in [0, 0.1) is 6.92 Å². The first kappa shape index (κ1) is 14.7. The van der Waals surface area contributed by atoms with Crippen LogP contribution < -0.4 is 5.32 Å². The van der Waals surface area contributed by atoms with E-state index in [-0.39, 0.29) is 6.04 Å². The summed E-state index contributed by atoms with van der Waals surface area (Å²) < 4.78 is 0.979. The van der Waals surface area contributed by atoms with Crippen LogP contribution in [0.4, 0.5) is 0 Å². The molecule has 2 rings (SSSR count). The quantitative estimate of drug-likeness (QED) is 0.873. The van der Waals surface area contributed by atoms with Crippen LogP contribution in [0.15, 0.2) is 34.9 Å². The van der Waals surface area contributed by atoms with E-state index in [2.05, 4.69) is 33.2 Å². The summed E-state index contributed by atoms with van der Waals surface area (Å²) in [6, 6.07) is 7.89. The molecule has 0 aliphatic heterocycles. The van der Waals surface area contributed by atoms with Gasteiger partial charge in [0, 0.05) is 22.1 Å². The molecule has 19 heavy (non-hydrogen) atoms. The van der Waals surface area contributed by atoms with Crippen LogP contribution in [0.3, 0.4) is 0 Å². The molecule has 1 heterocycles. The van der Waals surface area contributed by atoms with Gasteiger partial charge >= 0.3 is 0 Å². The summed E-state index contributed by atoms with van der Waals surface area (Å²) in [6.07, 6.45) is 1.36. The van der Waals surface area contributed by atoms with Crippen molar-refractivity contribution in [3.63, 3.8) is 0 Å². The second kappa shape index (κ2) is 6.61. The number of nitrogens with zero attached hydrogens (tertiary/aromatic N) is 1. The molecule has 1 aromatic heterocycles. The van der Waals surface area contributed by atoms with Crippen molar-refractivity contribution in [2.45, 2.75) is 26.0 Å². The molecule has 1 aromatic carbocycles. The highest BCUT2D eigenvalue weighted by molar-refractivity contribution is 9.10. The van der Waals surface area contributed by atoms with E-state index < -0.39 is 6.10 Å². The molecule has 0 saturated carbocycles. The predicted molar refractivity (Wildman–Crippen MR) is 82.4 cm³/mol. The Morgan fingerprint density at radius 3 is 2.89 bits per heavy atom. The highest BCUT2D eigenvalue weighted by atomic mass is 79.9. The molecule has 0 spiro atoms. The van der Waals surface area contributed by atoms with E-state index in [1.54, 1.807) is 11.3 Å². The third-order valence-corrected chi connectivity index (χ3v) is 4.45. The number of aliphatic hydroxyl groups excluding tert-OH is 1. The monoisotopic (exact) mass is 340 g/mol. The van der Waals surface area contributed by atoms with Crippen LogP contribution in [-0.2, 0) is 0 Å². The zero-order valence-electron chi connectivity index (χ0n) is 10.9. The number of aryl methyl sites for hydroxylation is 1. The lowest BCUT2D eigenvalue weighted by Gasteiger charge is -2.16. The van der Waals surface area contributed by atoms with E-state index >= 15 is 0 Å². The van der Waals surface area contributed by atoms with E-state index in [4.69, 9.17) is 0 Å². The number of rotatable bonds is 5. The molecule has 2 N–H and O–H groups in total. The Labute approximate surface area is 125 Å². The SMILES string of the molecule is Cc1cnc(C(C)NCC(O)c2cccc(Br)c2)s1. The Morgan fingerprint density at radius 2 is 2.26 bits per heavy atom. The Balaban J connectivity index is 1.91. The van der Waals surface area contributed by atoms with E-state index in [1.807, 2.05) is 37.4 Å². The molecular formula is C14H17BrN2OS. The molecule has 0 aliphatic carbocycles. The maximum atomic E-state index is 10.1. The minimum absolute atomic E-state index is 0.153. The van der Waals surface area contributed by atoms with Crippen LogP contribution >= 0.6 is 27.3 Å². The first-order chi connectivity index (χ1) is 9.06. The lowest BCUT2D eigenvalue weighted by Crippen LogP contribution is -2.24. The lowest BCUT2D eigenvalue weighted by molar-refractivity contribution is 0.170. The largest absolute Gasteiger partial charge is 0.387 e. The normalized spacial score (nSPS) is 14.3. The molecule has 2 unspecified atom stereocenters. The van der Waals surface area contributed by atoms with Crippen LogP contribution in [0.5, 0.6) is 0 Å². The highest BCUT2D eigenvalue weighted by Crippen LogP contribution is 2.21. The molecule has 0 aliphatic rings. The number of thiazole rings is 1. The fraction of sp³-hybridized carbons (Fsp3) is 0.357. The lowest BCUT2D eigenvalue weighted by atomic mass is 10.1. The number of hydrogen-bond donors (Lipinski definition) is 2. The third kappa shape index (κ3) is 4.11. The smallest absolute Gasteiger partial charge is 0.109 e. The fourth-order valence-electron chi connectivity index (χ4n) is 1.78. The molecule has 3 nitrogen and oxygen atoms in total. The second-order valence-corrected chi connectivity index (χ2v) is 6.69. The number of aromatic nitrogens is 1. The first-order valence-corrected chi connectivity index (χ1v) is 7.76. The summed E-state index contributed by atoms with van der Waals surface area (Å²) in [5.41, 5.74) is 0.907. The van der Waals surface area contributed by atoms with Gasteiger partial charge in [-0.05, 0) is 31.5 Å². The minimum atomic E-state index is -0.513. The zero-order valence-corrected chi connectivity index (χ0v) is 13.3. The van der Waals surface area contributed by atoms with E-state index in [9.17, 15) is 5.11 Å². The van der Waals surface area contributed by atoms with Gasteiger partial charge in [0.05, 0.1) is 12.1 Å². The average molecular weight is 341 g/mol. The molecule has 102 valence electrons. The Kier molecular flexibility index (Phi) is 5.10. The van der Waals surface area contributed by atoms with Crippen molar-refractivity contribution in [1.82, 2.24) is 10.3 Å². The standard InChI is InChI=1S/C14H17BrN2OS/c1-9-7-17-14(19-9)10(2)16-8-13(18)11-4-3-5-12(15)6-11/h3-7,10,13,16,18H,8H2,1-2H3. The van der Waals surface area contributed by atoms with Crippen LogP contribution in [0.2, 0.25) is 0 Å². The summed E-state index contributed by atoms with van der Waals surface area (Å²) in [4.78, 5) is 5.55. The van der Waals surface area contributed by atoms with Crippen molar-refractivity contribution in [2.75, 3.05) is 6.54 Å². The number of nitrogens with one attached hydrogen (secondary N) is 1. The molecule has 5 heteroatoms. The van der Waals surface area contributed by atoms with Gasteiger partial charge in [-0.1, -0.05) is 28.1 Å². The number of benzene rings is 1. The van der Waals surface area contributed by atoms with Gasteiger partial charge in [0.1, 0.15) is 5.01 Å². The van der Waals surface area contributed by atoms with Crippen LogP contribution in [0.25, 0.3) is 0 Å². The number of hydrogen-bond acceptors (Lipinski definition) is 4. The molecule has 0 bridgehead atoms. The van der Waals surface area contributed by atoms with E-state index in [0.29, 0.717) is 6.54 Å². The van der Waals surface area contributed by atoms with Crippen LogP contribution in [0.1, 0.15) is 34.5 Å². The topological polar surface area (TPSA) is 45.2 Å². The fourth-order valence-corrected chi connectivity index (χ4v) is 3.00. The predicted octanol–water partition coefficient (Wildman–Crippen LogP) is 3.60. The molecule has 0 radical (unpaired) electrons. The van der Waals surface area contributed by atoms with Gasteiger partial charge in [-0.25, -0.2) is 4.98 Å². The van der Waals surface area contributed by atoms with Crippen molar-refractivity contribution in [1.29, 1.82) is 0 Å². The first-order valence-electron chi connectivity index (χ1n) is 6.15. The third-order valence-electron chi connectivity index (χ3n) is 2.86. The van der Waals surface area contributed by atoms with Gasteiger partial charge in [0.25, 0.3) is 0 Å². The van der Waals surface area contributed by atoms with Gasteiger partial charge in [-0.15, -0.1) is 11.3 Å². The van der Waals surface area contributed by atoms with Crippen molar-refractivity contribution >= 4 is 27.3 Å². The number of aliphatic hydroxyl groups is 1. The van der Waals surface area contributed by atoms with Gasteiger partial charge in [-0.2, -0.15) is 0 Å². The van der Waals surface area contributed by atoms with E-state index in [0.717, 1.165) is 15.0 Å². The molecule has 2 aromatic rings. The summed E-state index contributed by atoms with van der Waals surface area (Å²) in [7, 11) is 0. The van der Waals surface area contributed by atoms with Gasteiger partial charge in [-0.3, -0.25) is 0 Å². The Hall–Kier alpha value is -0.750. The zero-order chi connectivity index (χ0) is 13.8. The van der Waals surface area contributed by atoms with E-state index in [1.165, 1.54) is 4.88 Å². The summed E-state index contributed by atoms with van der Waals surface area (Å²) >= 11 is 5.09. The van der Waals surface area contributed by atoms with Gasteiger partial charge in [0.15, 0.2) is 0 Å². The molecule has 0 fully saturated rings. The molecular weight excluding hydrogens is 324 g/mol. The van der Waals surface area contributed by atoms with Crippen molar-refractivity contribution in [2.24, 2.45) is 0 Å². The van der Waals surface area contributed by atoms with Crippen molar-refractivity contribution in [3.05, 3.63) is 50.4 Å². The molecule has 0 saturated heterocycles. The molecule has 0 amide bonds. The average Bonchev–Trinajstić information content (AvgIpc) is 2.82. The Bertz CT molecular complexity index is 544. The van der Waals surface area contributed by atoms with Crippen LogP contribution in [-0.4, -0.2) is 16.6 Å². The summed E-state index contributed by atoms with van der Waals surface area (Å²) in [5, 5.41) is 14.5. The summed E-state index contributed by atoms with van der Waals surface area (Å²) in [5.74, 6) is 0. The second-order valence-electron chi connectivity index (χ2n) is 4.51.